The first-order chi connectivity index (χ1) is 15.2. The van der Waals surface area contributed by atoms with Crippen LogP contribution in [0.4, 0.5) is 0 Å². The van der Waals surface area contributed by atoms with Crippen LogP contribution in [0.1, 0.15) is 29.8 Å². The van der Waals surface area contributed by atoms with Gasteiger partial charge in [-0.25, -0.2) is 10.4 Å². The molecule has 5 heteroatoms. The summed E-state index contributed by atoms with van der Waals surface area (Å²) >= 11 is 0. The molecule has 31 heavy (non-hydrogen) atoms. The zero-order valence-electron chi connectivity index (χ0n) is 17.5. The van der Waals surface area contributed by atoms with Crippen molar-refractivity contribution >= 4 is 22.5 Å². The number of carbonyl (C=O) groups excluding carboxylic acids is 1. The number of hydrogen-bond donors (Lipinski definition) is 1. The van der Waals surface area contributed by atoms with Crippen molar-refractivity contribution in [3.63, 3.8) is 0 Å². The van der Waals surface area contributed by atoms with Gasteiger partial charge in [0.25, 0.3) is 5.91 Å². The number of pyridine rings is 1. The lowest BCUT2D eigenvalue weighted by Crippen LogP contribution is -2.20. The number of hydrazone groups is 1. The van der Waals surface area contributed by atoms with Gasteiger partial charge in [0, 0.05) is 10.9 Å². The van der Waals surface area contributed by atoms with Crippen LogP contribution in [-0.2, 0) is 0 Å². The minimum atomic E-state index is -0.277. The Morgan fingerprint density at radius 1 is 0.968 bits per heavy atom. The number of carbonyl (C=O) groups is 1. The molecule has 0 saturated heterocycles. The Bertz CT molecular complexity index is 1230. The highest BCUT2D eigenvalue weighted by atomic mass is 16.5. The van der Waals surface area contributed by atoms with Gasteiger partial charge in [-0.3, -0.25) is 4.79 Å². The van der Waals surface area contributed by atoms with E-state index in [-0.39, 0.29) is 5.91 Å². The highest BCUT2D eigenvalue weighted by Gasteiger charge is 2.14. The Hall–Kier alpha value is -3.99. The van der Waals surface area contributed by atoms with E-state index in [2.05, 4.69) is 10.5 Å². The van der Waals surface area contributed by atoms with E-state index in [4.69, 9.17) is 9.72 Å². The molecule has 1 amide bonds. The summed E-state index contributed by atoms with van der Waals surface area (Å²) in [6, 6.07) is 26.9. The van der Waals surface area contributed by atoms with Crippen molar-refractivity contribution in [1.29, 1.82) is 0 Å². The molecule has 3 aromatic carbocycles. The van der Waals surface area contributed by atoms with Crippen molar-refractivity contribution in [3.05, 3.63) is 96.1 Å². The van der Waals surface area contributed by atoms with E-state index < -0.39 is 0 Å². The van der Waals surface area contributed by atoms with Gasteiger partial charge in [0.1, 0.15) is 5.75 Å². The number of hydrogen-bond acceptors (Lipinski definition) is 4. The second kappa shape index (κ2) is 9.22. The van der Waals surface area contributed by atoms with E-state index in [9.17, 15) is 4.79 Å². The fraction of sp³-hybridized carbons (Fsp3) is 0.115. The molecule has 5 nitrogen and oxygen atoms in total. The van der Waals surface area contributed by atoms with E-state index >= 15 is 0 Å². The molecule has 0 spiro atoms. The smallest absolute Gasteiger partial charge is 0.272 e. The summed E-state index contributed by atoms with van der Waals surface area (Å²) in [5, 5.41) is 5.07. The van der Waals surface area contributed by atoms with Gasteiger partial charge in [0.05, 0.1) is 29.1 Å². The molecule has 4 aromatic rings. The van der Waals surface area contributed by atoms with Gasteiger partial charge in [0.2, 0.25) is 0 Å². The van der Waals surface area contributed by atoms with Gasteiger partial charge in [0.15, 0.2) is 0 Å². The molecule has 0 aliphatic rings. The molecule has 1 N–H and O–H groups in total. The number of ether oxygens (including phenoxy) is 1. The minimum absolute atomic E-state index is 0.277. The molecule has 0 unspecified atom stereocenters. The van der Waals surface area contributed by atoms with Crippen LogP contribution in [0.3, 0.4) is 0 Å². The Morgan fingerprint density at radius 3 is 2.42 bits per heavy atom. The number of fused-ring (bicyclic) bond motifs is 1. The van der Waals surface area contributed by atoms with Crippen molar-refractivity contribution < 1.29 is 9.53 Å². The fourth-order valence-corrected chi connectivity index (χ4v) is 3.34. The maximum Gasteiger partial charge on any atom is 0.272 e. The third-order valence-electron chi connectivity index (χ3n) is 4.94. The number of aromatic nitrogens is 1. The third-order valence-corrected chi connectivity index (χ3v) is 4.94. The van der Waals surface area contributed by atoms with Gasteiger partial charge < -0.3 is 4.74 Å². The van der Waals surface area contributed by atoms with Crippen LogP contribution in [0.2, 0.25) is 0 Å². The number of nitrogens with zero attached hydrogens (tertiary/aromatic N) is 2. The van der Waals surface area contributed by atoms with Gasteiger partial charge in [-0.1, -0.05) is 48.5 Å². The molecular weight excluding hydrogens is 386 g/mol. The second-order valence-corrected chi connectivity index (χ2v) is 7.03. The number of rotatable bonds is 6. The molecule has 4 rings (SSSR count). The lowest BCUT2D eigenvalue weighted by Gasteiger charge is -2.10. The van der Waals surface area contributed by atoms with Gasteiger partial charge in [-0.05, 0) is 55.8 Å². The minimum Gasteiger partial charge on any atom is -0.494 e. The van der Waals surface area contributed by atoms with Crippen molar-refractivity contribution in [3.8, 4) is 17.0 Å². The third kappa shape index (κ3) is 4.61. The van der Waals surface area contributed by atoms with Crippen molar-refractivity contribution in [2.75, 3.05) is 6.61 Å². The van der Waals surface area contributed by atoms with Crippen LogP contribution in [-0.4, -0.2) is 23.2 Å². The number of benzene rings is 3. The topological polar surface area (TPSA) is 63.6 Å². The Morgan fingerprint density at radius 2 is 1.68 bits per heavy atom. The fourth-order valence-electron chi connectivity index (χ4n) is 3.34. The molecule has 0 bridgehead atoms. The summed E-state index contributed by atoms with van der Waals surface area (Å²) < 4.78 is 5.52. The summed E-state index contributed by atoms with van der Waals surface area (Å²) in [5.41, 5.74) is 7.29. The molecule has 0 radical (unpaired) electrons. The van der Waals surface area contributed by atoms with Crippen LogP contribution in [0.15, 0.2) is 90.0 Å². The average molecular weight is 409 g/mol. The Kier molecular flexibility index (Phi) is 6.03. The Balaban J connectivity index is 1.68. The van der Waals surface area contributed by atoms with Crippen LogP contribution in [0.25, 0.3) is 22.2 Å². The number of nitrogens with one attached hydrogen (secondary N) is 1. The lowest BCUT2D eigenvalue weighted by molar-refractivity contribution is 0.0956. The normalized spacial score (nSPS) is 11.4. The predicted octanol–water partition coefficient (Wildman–Crippen LogP) is 5.45. The van der Waals surface area contributed by atoms with E-state index in [1.165, 1.54) is 0 Å². The summed E-state index contributed by atoms with van der Waals surface area (Å²) in [5.74, 6) is 0.525. The lowest BCUT2D eigenvalue weighted by atomic mass is 10.0. The maximum atomic E-state index is 13.1. The van der Waals surface area contributed by atoms with E-state index in [0.717, 1.165) is 39.2 Å². The van der Waals surface area contributed by atoms with Crippen LogP contribution < -0.4 is 10.2 Å². The van der Waals surface area contributed by atoms with E-state index in [0.29, 0.717) is 12.2 Å². The van der Waals surface area contributed by atoms with Crippen molar-refractivity contribution in [2.24, 2.45) is 5.10 Å². The summed E-state index contributed by atoms with van der Waals surface area (Å²) in [6.07, 6.45) is 0. The molecule has 0 aliphatic heterocycles. The summed E-state index contributed by atoms with van der Waals surface area (Å²) in [4.78, 5) is 17.8. The monoisotopic (exact) mass is 409 g/mol. The highest BCUT2D eigenvalue weighted by molar-refractivity contribution is 6.08. The van der Waals surface area contributed by atoms with E-state index in [1.807, 2.05) is 92.7 Å². The first-order valence-corrected chi connectivity index (χ1v) is 10.2. The maximum absolute atomic E-state index is 13.1. The van der Waals surface area contributed by atoms with E-state index in [1.54, 1.807) is 6.07 Å². The van der Waals surface area contributed by atoms with Gasteiger partial charge in [-0.15, -0.1) is 0 Å². The standard InChI is InChI=1S/C26H23N3O2/c1-3-31-21-15-13-20(14-16-21)25-17-23(22-11-7-8-12-24(22)27-25)26(30)29-28-18(2)19-9-5-4-6-10-19/h4-17H,3H2,1-2H3,(H,29,30)/b28-18-. The average Bonchev–Trinajstić information content (AvgIpc) is 2.83. The van der Waals surface area contributed by atoms with Crippen molar-refractivity contribution in [1.82, 2.24) is 10.4 Å². The predicted molar refractivity (Wildman–Crippen MR) is 124 cm³/mol. The SMILES string of the molecule is CCOc1ccc(-c2cc(C(=O)N/N=C(/C)c3ccccc3)c3ccccc3n2)cc1. The van der Waals surface area contributed by atoms with Crippen molar-refractivity contribution in [2.45, 2.75) is 13.8 Å². The van der Waals surface area contributed by atoms with Crippen LogP contribution >= 0.6 is 0 Å². The molecule has 0 fully saturated rings. The highest BCUT2D eigenvalue weighted by Crippen LogP contribution is 2.26. The van der Waals surface area contributed by atoms with Crippen LogP contribution in [0, 0.1) is 0 Å². The quantitative estimate of drug-likeness (QED) is 0.340. The number of para-hydroxylation sites is 1. The zero-order chi connectivity index (χ0) is 21.6. The second-order valence-electron chi connectivity index (χ2n) is 7.03. The molecule has 154 valence electrons. The Labute approximate surface area is 181 Å². The molecular formula is C26H23N3O2. The number of amides is 1. The largest absolute Gasteiger partial charge is 0.494 e. The molecule has 1 heterocycles. The van der Waals surface area contributed by atoms with Gasteiger partial charge in [-0.2, -0.15) is 5.10 Å². The first-order valence-electron chi connectivity index (χ1n) is 10.2. The summed E-state index contributed by atoms with van der Waals surface area (Å²) in [7, 11) is 0. The molecule has 1 aromatic heterocycles. The zero-order valence-corrected chi connectivity index (χ0v) is 17.5. The molecule has 0 saturated carbocycles. The molecule has 0 atom stereocenters. The molecule has 0 aliphatic carbocycles. The van der Waals surface area contributed by atoms with Crippen LogP contribution in [0.5, 0.6) is 5.75 Å². The van der Waals surface area contributed by atoms with Gasteiger partial charge >= 0.3 is 0 Å². The summed E-state index contributed by atoms with van der Waals surface area (Å²) in [6.45, 7) is 4.43. The first kappa shape index (κ1) is 20.3.